The monoisotopic (exact) mass is 312 g/mol. The summed E-state index contributed by atoms with van der Waals surface area (Å²) in [6, 6.07) is 10.7. The Morgan fingerprint density at radius 2 is 1.78 bits per heavy atom. The third-order valence-corrected chi connectivity index (χ3v) is 6.50. The van der Waals surface area contributed by atoms with Gasteiger partial charge in [0, 0.05) is 0 Å². The van der Waals surface area contributed by atoms with E-state index in [2.05, 4.69) is 30.3 Å². The van der Waals surface area contributed by atoms with Gasteiger partial charge in [0.2, 0.25) is 0 Å². The second kappa shape index (κ2) is 3.81. The average Bonchev–Trinajstić information content (AvgIpc) is 2.25. The molecule has 96 valence electrons. The molecule has 0 radical (unpaired) electrons. The number of ether oxygens (including phenoxy) is 3. The third-order valence-electron chi connectivity index (χ3n) is 3.78. The molecular weight excluding hydrogens is 295 g/mol. The molecule has 2 atom stereocenters. The SMILES string of the molecule is CC12OC3CC(CC([Se]c4ccccc4)(C3)O1)O2. The molecule has 1 aromatic carbocycles. The van der Waals surface area contributed by atoms with Crippen molar-refractivity contribution in [2.45, 2.75) is 48.9 Å². The van der Waals surface area contributed by atoms with Gasteiger partial charge in [-0.25, -0.2) is 0 Å². The van der Waals surface area contributed by atoms with E-state index in [0.29, 0.717) is 27.2 Å². The predicted octanol–water partition coefficient (Wildman–Crippen LogP) is 1.38. The van der Waals surface area contributed by atoms with Crippen molar-refractivity contribution < 1.29 is 14.2 Å². The molecule has 18 heavy (non-hydrogen) atoms. The van der Waals surface area contributed by atoms with Crippen molar-refractivity contribution in [3.05, 3.63) is 30.3 Å². The van der Waals surface area contributed by atoms with Crippen LogP contribution in [-0.4, -0.2) is 37.6 Å². The molecule has 0 amide bonds. The Balaban J connectivity index is 1.64. The second-order valence-corrected chi connectivity index (χ2v) is 8.39. The minimum absolute atomic E-state index is 0.0206. The van der Waals surface area contributed by atoms with Crippen LogP contribution in [0.5, 0.6) is 0 Å². The molecule has 5 rings (SSSR count). The van der Waals surface area contributed by atoms with E-state index in [0.717, 1.165) is 19.3 Å². The fourth-order valence-electron chi connectivity index (χ4n) is 3.33. The van der Waals surface area contributed by atoms with Gasteiger partial charge in [0.25, 0.3) is 0 Å². The van der Waals surface area contributed by atoms with Gasteiger partial charge >= 0.3 is 113 Å². The van der Waals surface area contributed by atoms with Gasteiger partial charge < -0.3 is 0 Å². The van der Waals surface area contributed by atoms with Gasteiger partial charge in [0.1, 0.15) is 0 Å². The van der Waals surface area contributed by atoms with Crippen LogP contribution in [0.4, 0.5) is 0 Å². The Bertz CT molecular complexity index is 447. The van der Waals surface area contributed by atoms with E-state index in [1.165, 1.54) is 4.46 Å². The number of hydrogen-bond acceptors (Lipinski definition) is 3. The van der Waals surface area contributed by atoms with Gasteiger partial charge in [0.05, 0.1) is 0 Å². The van der Waals surface area contributed by atoms with Crippen molar-refractivity contribution in [2.75, 3.05) is 0 Å². The van der Waals surface area contributed by atoms with Gasteiger partial charge in [-0.3, -0.25) is 0 Å². The van der Waals surface area contributed by atoms with Crippen molar-refractivity contribution >= 4 is 19.4 Å². The molecule has 4 fully saturated rings. The van der Waals surface area contributed by atoms with E-state index in [1.807, 2.05) is 6.92 Å². The van der Waals surface area contributed by atoms with Gasteiger partial charge in [-0.05, 0) is 0 Å². The molecule has 3 saturated heterocycles. The average molecular weight is 311 g/mol. The fourth-order valence-corrected chi connectivity index (χ4v) is 6.38. The van der Waals surface area contributed by atoms with Gasteiger partial charge in [-0.2, -0.15) is 0 Å². The van der Waals surface area contributed by atoms with Gasteiger partial charge in [0.15, 0.2) is 0 Å². The standard InChI is InChI=1S/C14H16O3Se/c1-13-15-10-7-11(16-13)9-14(8-10,17-13)18-12-5-3-2-4-6-12/h2-6,10-11H,7-9H2,1H3. The summed E-state index contributed by atoms with van der Waals surface area (Å²) in [6.45, 7) is 1.92. The van der Waals surface area contributed by atoms with Crippen molar-refractivity contribution in [1.29, 1.82) is 0 Å². The van der Waals surface area contributed by atoms with Gasteiger partial charge in [-0.15, -0.1) is 0 Å². The Labute approximate surface area is 113 Å². The van der Waals surface area contributed by atoms with Crippen LogP contribution < -0.4 is 4.46 Å². The van der Waals surface area contributed by atoms with E-state index in [9.17, 15) is 0 Å². The van der Waals surface area contributed by atoms with Crippen molar-refractivity contribution in [3.63, 3.8) is 0 Å². The first-order valence-electron chi connectivity index (χ1n) is 6.45. The van der Waals surface area contributed by atoms with Crippen molar-refractivity contribution in [2.24, 2.45) is 0 Å². The quantitative estimate of drug-likeness (QED) is 0.773. The van der Waals surface area contributed by atoms with Crippen molar-refractivity contribution in [1.82, 2.24) is 0 Å². The molecule has 2 unspecified atom stereocenters. The Hall–Kier alpha value is -0.381. The molecule has 1 aromatic rings. The number of rotatable bonds is 2. The normalized spacial score (nSPS) is 45.4. The molecule has 0 aromatic heterocycles. The summed E-state index contributed by atoms with van der Waals surface area (Å²) in [7, 11) is 0. The molecule has 3 aliphatic heterocycles. The van der Waals surface area contributed by atoms with E-state index in [-0.39, 0.29) is 4.50 Å². The Kier molecular flexibility index (Phi) is 2.42. The van der Waals surface area contributed by atoms with Crippen LogP contribution in [0.3, 0.4) is 0 Å². The Morgan fingerprint density at radius 3 is 2.39 bits per heavy atom. The van der Waals surface area contributed by atoms with Crippen LogP contribution in [0.2, 0.25) is 0 Å². The number of benzene rings is 1. The van der Waals surface area contributed by atoms with Crippen LogP contribution in [0.1, 0.15) is 26.2 Å². The molecule has 1 aliphatic carbocycles. The molecule has 3 heterocycles. The number of hydrogen-bond donors (Lipinski definition) is 0. The van der Waals surface area contributed by atoms with E-state index < -0.39 is 5.97 Å². The predicted molar refractivity (Wildman–Crippen MR) is 67.6 cm³/mol. The first-order valence-corrected chi connectivity index (χ1v) is 8.16. The first kappa shape index (κ1) is 11.4. The maximum absolute atomic E-state index is 6.19. The van der Waals surface area contributed by atoms with E-state index >= 15 is 0 Å². The van der Waals surface area contributed by atoms with Crippen LogP contribution >= 0.6 is 0 Å². The van der Waals surface area contributed by atoms with Crippen LogP contribution in [0, 0.1) is 0 Å². The summed E-state index contributed by atoms with van der Waals surface area (Å²) in [4.78, 5) is 0. The molecule has 4 bridgehead atoms. The fraction of sp³-hybridized carbons (Fsp3) is 0.571. The Morgan fingerprint density at radius 1 is 1.11 bits per heavy atom. The zero-order valence-electron chi connectivity index (χ0n) is 10.3. The summed E-state index contributed by atoms with van der Waals surface area (Å²) in [5.74, 6) is -0.791. The molecule has 0 spiro atoms. The van der Waals surface area contributed by atoms with E-state index in [4.69, 9.17) is 14.2 Å². The molecule has 3 nitrogen and oxygen atoms in total. The zero-order chi connectivity index (χ0) is 12.2. The van der Waals surface area contributed by atoms with Crippen LogP contribution in [0.25, 0.3) is 0 Å². The van der Waals surface area contributed by atoms with Crippen LogP contribution in [0.15, 0.2) is 30.3 Å². The second-order valence-electron chi connectivity index (χ2n) is 5.41. The molecule has 0 N–H and O–H groups in total. The summed E-state index contributed by atoms with van der Waals surface area (Å²) in [5.41, 5.74) is 0. The van der Waals surface area contributed by atoms with Crippen LogP contribution in [-0.2, 0) is 14.2 Å². The zero-order valence-corrected chi connectivity index (χ0v) is 12.0. The van der Waals surface area contributed by atoms with Crippen molar-refractivity contribution in [3.8, 4) is 0 Å². The topological polar surface area (TPSA) is 27.7 Å². The maximum atomic E-state index is 6.19. The summed E-state index contributed by atoms with van der Waals surface area (Å²) < 4.78 is 19.2. The summed E-state index contributed by atoms with van der Waals surface area (Å²) >= 11 is 0.319. The van der Waals surface area contributed by atoms with Gasteiger partial charge in [-0.1, -0.05) is 0 Å². The summed E-state index contributed by atoms with van der Waals surface area (Å²) in [5, 5.41) is 0. The third kappa shape index (κ3) is 1.84. The minimum atomic E-state index is -0.791. The molecule has 1 saturated carbocycles. The molecular formula is C14H16O3Se. The molecule has 4 heteroatoms. The van der Waals surface area contributed by atoms with E-state index in [1.54, 1.807) is 0 Å². The first-order chi connectivity index (χ1) is 8.65. The summed E-state index contributed by atoms with van der Waals surface area (Å²) in [6.07, 6.45) is 3.73. The molecule has 4 aliphatic rings.